The fraction of sp³-hybridized carbons (Fsp3) is 0. The lowest BCUT2D eigenvalue weighted by atomic mass is 9.88. The van der Waals surface area contributed by atoms with E-state index in [1.54, 1.807) is 0 Å². The Morgan fingerprint density at radius 3 is 1.55 bits per heavy atom. The van der Waals surface area contributed by atoms with Gasteiger partial charge >= 0.3 is 0 Å². The fourth-order valence-electron chi connectivity index (χ4n) is 6.00. The summed E-state index contributed by atoms with van der Waals surface area (Å²) < 4.78 is 0. The second kappa shape index (κ2) is 8.26. The number of fused-ring (bicyclic) bond motifs is 7. The van der Waals surface area contributed by atoms with Crippen LogP contribution in [0.4, 0.5) is 0 Å². The highest BCUT2D eigenvalue weighted by Crippen LogP contribution is 2.41. The first-order valence-corrected chi connectivity index (χ1v) is 13.0. The van der Waals surface area contributed by atoms with Crippen LogP contribution >= 0.6 is 0 Å². The van der Waals surface area contributed by atoms with Gasteiger partial charge in [-0.2, -0.15) is 0 Å². The van der Waals surface area contributed by atoms with Gasteiger partial charge in [-0.25, -0.2) is 0 Å². The molecule has 1 heterocycles. The van der Waals surface area contributed by atoms with Gasteiger partial charge in [0.05, 0.1) is 5.52 Å². The van der Waals surface area contributed by atoms with Gasteiger partial charge in [0.1, 0.15) is 0 Å². The van der Waals surface area contributed by atoms with Crippen LogP contribution in [0.15, 0.2) is 140 Å². The van der Waals surface area contributed by atoms with Crippen molar-refractivity contribution in [1.29, 1.82) is 0 Å². The molecule has 0 unspecified atom stereocenters. The second-order valence-corrected chi connectivity index (χ2v) is 10.0. The van der Waals surface area contributed by atoms with E-state index in [9.17, 15) is 0 Å². The molecule has 0 aliphatic heterocycles. The Balaban J connectivity index is 1.47. The van der Waals surface area contributed by atoms with Crippen LogP contribution in [0, 0.1) is 0 Å². The van der Waals surface area contributed by atoms with Gasteiger partial charge in [-0.05, 0) is 90.3 Å². The molecule has 8 rings (SSSR count). The molecule has 0 amide bonds. The molecule has 176 valence electrons. The number of hydrogen-bond acceptors (Lipinski definition) is 1. The van der Waals surface area contributed by atoms with Crippen LogP contribution in [0.25, 0.3) is 76.2 Å². The Bertz CT molecular complexity index is 2030. The Morgan fingerprint density at radius 2 is 0.868 bits per heavy atom. The summed E-state index contributed by atoms with van der Waals surface area (Å²) >= 11 is 0. The molecular formula is C37H23N. The van der Waals surface area contributed by atoms with Crippen molar-refractivity contribution < 1.29 is 0 Å². The summed E-state index contributed by atoms with van der Waals surface area (Å²) in [5, 5.41) is 11.1. The monoisotopic (exact) mass is 481 g/mol. The summed E-state index contributed by atoms with van der Waals surface area (Å²) in [6.07, 6.45) is 1.91. The highest BCUT2D eigenvalue weighted by Gasteiger charge is 2.15. The highest BCUT2D eigenvalue weighted by molar-refractivity contribution is 6.23. The second-order valence-electron chi connectivity index (χ2n) is 10.0. The minimum atomic E-state index is 1.04. The number of hydrogen-bond donors (Lipinski definition) is 0. The van der Waals surface area contributed by atoms with Crippen molar-refractivity contribution in [2.75, 3.05) is 0 Å². The van der Waals surface area contributed by atoms with Gasteiger partial charge in [0.15, 0.2) is 0 Å². The van der Waals surface area contributed by atoms with Crippen molar-refractivity contribution in [2.45, 2.75) is 0 Å². The van der Waals surface area contributed by atoms with E-state index in [4.69, 9.17) is 4.98 Å². The van der Waals surface area contributed by atoms with E-state index in [0.717, 1.165) is 5.52 Å². The van der Waals surface area contributed by atoms with E-state index < -0.39 is 0 Å². The molecule has 0 aliphatic carbocycles. The van der Waals surface area contributed by atoms with E-state index in [-0.39, 0.29) is 0 Å². The molecule has 0 saturated heterocycles. The smallest absolute Gasteiger partial charge is 0.0786 e. The topological polar surface area (TPSA) is 12.9 Å². The van der Waals surface area contributed by atoms with Crippen molar-refractivity contribution in [3.05, 3.63) is 140 Å². The van der Waals surface area contributed by atoms with Crippen LogP contribution in [0.3, 0.4) is 0 Å². The summed E-state index contributed by atoms with van der Waals surface area (Å²) in [5.74, 6) is 0. The van der Waals surface area contributed by atoms with Crippen LogP contribution in [0.2, 0.25) is 0 Å². The first-order chi connectivity index (χ1) is 18.8. The molecule has 0 N–H and O–H groups in total. The fourth-order valence-corrected chi connectivity index (χ4v) is 6.00. The molecule has 1 nitrogen and oxygen atoms in total. The zero-order chi connectivity index (χ0) is 25.1. The Kier molecular flexibility index (Phi) is 4.59. The predicted molar refractivity (Wildman–Crippen MR) is 163 cm³/mol. The average molecular weight is 482 g/mol. The van der Waals surface area contributed by atoms with Gasteiger partial charge in [-0.1, -0.05) is 103 Å². The van der Waals surface area contributed by atoms with Gasteiger partial charge in [-0.3, -0.25) is 4.98 Å². The van der Waals surface area contributed by atoms with Crippen molar-refractivity contribution in [3.8, 4) is 22.3 Å². The SMILES string of the molecule is c1ccc2cc(-c3cc4c(cc(-c5ccc6ccccc6c5)c5cccnc54)c4ccccc34)ccc2c1. The summed E-state index contributed by atoms with van der Waals surface area (Å²) in [7, 11) is 0. The first-order valence-electron chi connectivity index (χ1n) is 13.0. The van der Waals surface area contributed by atoms with E-state index in [1.807, 2.05) is 12.3 Å². The maximum Gasteiger partial charge on any atom is 0.0786 e. The largest absolute Gasteiger partial charge is 0.256 e. The van der Waals surface area contributed by atoms with Gasteiger partial charge in [0.25, 0.3) is 0 Å². The van der Waals surface area contributed by atoms with Crippen molar-refractivity contribution in [2.24, 2.45) is 0 Å². The minimum absolute atomic E-state index is 1.04. The zero-order valence-electron chi connectivity index (χ0n) is 20.7. The van der Waals surface area contributed by atoms with Crippen LogP contribution in [0.1, 0.15) is 0 Å². The normalized spacial score (nSPS) is 11.7. The Hall–Kier alpha value is -5.01. The molecule has 0 aliphatic rings. The predicted octanol–water partition coefficient (Wildman–Crippen LogP) is 10.2. The molecule has 1 aromatic heterocycles. The Morgan fingerprint density at radius 1 is 0.342 bits per heavy atom. The molecule has 0 saturated carbocycles. The van der Waals surface area contributed by atoms with Crippen LogP contribution in [0.5, 0.6) is 0 Å². The average Bonchev–Trinajstić information content (AvgIpc) is 2.99. The summed E-state index contributed by atoms with van der Waals surface area (Å²) in [5.41, 5.74) is 5.94. The standard InChI is InChI=1S/C37H23N/c1-3-10-26-20-28(17-15-24(26)8-1)33-23-36-35(31-13-6-5-12-30(31)33)22-34(32-14-7-19-38-37(32)36)29-18-16-25-9-2-4-11-27(25)21-29/h1-23H. The van der Waals surface area contributed by atoms with E-state index in [0.29, 0.717) is 0 Å². The maximum atomic E-state index is 4.95. The van der Waals surface area contributed by atoms with Crippen molar-refractivity contribution in [3.63, 3.8) is 0 Å². The number of aromatic nitrogens is 1. The van der Waals surface area contributed by atoms with E-state index >= 15 is 0 Å². The van der Waals surface area contributed by atoms with Crippen molar-refractivity contribution >= 4 is 54.0 Å². The van der Waals surface area contributed by atoms with E-state index in [1.165, 1.54) is 70.7 Å². The zero-order valence-corrected chi connectivity index (χ0v) is 20.7. The van der Waals surface area contributed by atoms with Crippen LogP contribution < -0.4 is 0 Å². The third-order valence-electron chi connectivity index (χ3n) is 7.85. The Labute approximate surface area is 220 Å². The molecule has 0 atom stereocenters. The van der Waals surface area contributed by atoms with Crippen LogP contribution in [-0.4, -0.2) is 4.98 Å². The van der Waals surface area contributed by atoms with Crippen molar-refractivity contribution in [1.82, 2.24) is 4.98 Å². The molecule has 8 aromatic rings. The highest BCUT2D eigenvalue weighted by atomic mass is 14.6. The van der Waals surface area contributed by atoms with Gasteiger partial charge in [-0.15, -0.1) is 0 Å². The molecule has 7 aromatic carbocycles. The quantitative estimate of drug-likeness (QED) is 0.224. The molecule has 0 fully saturated rings. The molecule has 0 radical (unpaired) electrons. The van der Waals surface area contributed by atoms with Gasteiger partial charge in [0, 0.05) is 17.0 Å². The first kappa shape index (κ1) is 21.1. The van der Waals surface area contributed by atoms with Crippen LogP contribution in [-0.2, 0) is 0 Å². The maximum absolute atomic E-state index is 4.95. The lowest BCUT2D eigenvalue weighted by Gasteiger charge is -2.16. The molecule has 0 spiro atoms. The lowest BCUT2D eigenvalue weighted by molar-refractivity contribution is 1.43. The van der Waals surface area contributed by atoms with Gasteiger partial charge < -0.3 is 0 Å². The summed E-state index contributed by atoms with van der Waals surface area (Å²) in [4.78, 5) is 4.95. The summed E-state index contributed by atoms with van der Waals surface area (Å²) in [6.45, 7) is 0. The minimum Gasteiger partial charge on any atom is -0.256 e. The third kappa shape index (κ3) is 3.22. The number of rotatable bonds is 2. The molecule has 38 heavy (non-hydrogen) atoms. The number of pyridine rings is 1. The molecule has 1 heteroatoms. The van der Waals surface area contributed by atoms with E-state index in [2.05, 4.69) is 127 Å². The number of benzene rings is 7. The lowest BCUT2D eigenvalue weighted by Crippen LogP contribution is -1.90. The van der Waals surface area contributed by atoms with Gasteiger partial charge in [0.2, 0.25) is 0 Å². The molecular weight excluding hydrogens is 458 g/mol. The molecule has 0 bridgehead atoms. The third-order valence-corrected chi connectivity index (χ3v) is 7.85. The summed E-state index contributed by atoms with van der Waals surface area (Å²) in [6, 6.07) is 48.4. The number of nitrogens with zero attached hydrogens (tertiary/aromatic N) is 1.